The average Bonchev–Trinajstić information content (AvgIpc) is 3.88. The maximum Gasteiger partial charge on any atom is 0.135 e. The summed E-state index contributed by atoms with van der Waals surface area (Å²) in [5, 5.41) is 7.65. The molecule has 1 aliphatic carbocycles. The SMILES string of the molecule is c1ccc(-c2ccc(-n3c4ccccc4c4c5c(ccc43)Cc3c(ccc4c3c3ccccc3n4-c3ccc4oc6ccccc6c4c3)C5)cc2)cc1. The third-order valence-electron chi connectivity index (χ3n) is 11.7. The lowest BCUT2D eigenvalue weighted by Gasteiger charge is -2.22. The third kappa shape index (κ3) is 4.10. The summed E-state index contributed by atoms with van der Waals surface area (Å²) in [6, 6.07) is 61.9. The first-order chi connectivity index (χ1) is 26.3. The zero-order valence-corrected chi connectivity index (χ0v) is 28.9. The van der Waals surface area contributed by atoms with Crippen LogP contribution < -0.4 is 0 Å². The van der Waals surface area contributed by atoms with Gasteiger partial charge in [0.15, 0.2) is 0 Å². The molecule has 0 radical (unpaired) electrons. The standard InChI is InChI=1S/C50H32N2O/c1-2-10-31(11-3-1)32-18-22-35(23-19-32)51-43-15-7-4-13-38(43)49-40-28-34-21-26-46-50(41(34)29-33(40)20-25-45(49)51)39-14-5-8-16-44(39)52(46)36-24-27-48-42(30-36)37-12-6-9-17-47(37)53-48/h1-27,30H,28-29H2. The Hall–Kier alpha value is -6.84. The Bertz CT molecular complexity index is 3270. The van der Waals surface area contributed by atoms with Crippen molar-refractivity contribution in [2.45, 2.75) is 12.8 Å². The molecule has 248 valence electrons. The molecule has 0 amide bonds. The van der Waals surface area contributed by atoms with Crippen LogP contribution >= 0.6 is 0 Å². The van der Waals surface area contributed by atoms with Crippen molar-refractivity contribution in [2.75, 3.05) is 0 Å². The molecule has 0 atom stereocenters. The van der Waals surface area contributed by atoms with E-state index in [9.17, 15) is 0 Å². The van der Waals surface area contributed by atoms with Crippen LogP contribution in [0, 0.1) is 0 Å². The molecule has 0 saturated carbocycles. The normalized spacial score (nSPS) is 12.8. The van der Waals surface area contributed by atoms with Gasteiger partial charge in [0.25, 0.3) is 0 Å². The maximum absolute atomic E-state index is 6.20. The maximum atomic E-state index is 6.20. The number of para-hydroxylation sites is 3. The summed E-state index contributed by atoms with van der Waals surface area (Å²) in [4.78, 5) is 0. The Balaban J connectivity index is 1.03. The number of hydrogen-bond donors (Lipinski definition) is 0. The van der Waals surface area contributed by atoms with E-state index < -0.39 is 0 Å². The molecule has 0 N–H and O–H groups in total. The number of furan rings is 1. The predicted molar refractivity (Wildman–Crippen MR) is 220 cm³/mol. The Morgan fingerprint density at radius 1 is 0.358 bits per heavy atom. The van der Waals surface area contributed by atoms with Crippen LogP contribution in [0.25, 0.3) is 88.1 Å². The van der Waals surface area contributed by atoms with E-state index >= 15 is 0 Å². The van der Waals surface area contributed by atoms with Crippen molar-refractivity contribution in [1.82, 2.24) is 9.13 Å². The van der Waals surface area contributed by atoms with Crippen molar-refractivity contribution < 1.29 is 4.42 Å². The smallest absolute Gasteiger partial charge is 0.135 e. The van der Waals surface area contributed by atoms with Crippen molar-refractivity contribution in [3.05, 3.63) is 192 Å². The fraction of sp³-hybridized carbons (Fsp3) is 0.0400. The van der Waals surface area contributed by atoms with Gasteiger partial charge >= 0.3 is 0 Å². The van der Waals surface area contributed by atoms with Gasteiger partial charge in [-0.05, 0) is 107 Å². The number of rotatable bonds is 3. The van der Waals surface area contributed by atoms with E-state index in [4.69, 9.17) is 4.42 Å². The van der Waals surface area contributed by atoms with Crippen LogP contribution in [0.4, 0.5) is 0 Å². The Morgan fingerprint density at radius 3 is 1.53 bits per heavy atom. The zero-order chi connectivity index (χ0) is 34.6. The monoisotopic (exact) mass is 676 g/mol. The van der Waals surface area contributed by atoms with Crippen molar-refractivity contribution in [2.24, 2.45) is 0 Å². The van der Waals surface area contributed by atoms with E-state index in [0.29, 0.717) is 0 Å². The highest BCUT2D eigenvalue weighted by atomic mass is 16.3. The highest BCUT2D eigenvalue weighted by Crippen LogP contribution is 2.44. The van der Waals surface area contributed by atoms with E-state index in [2.05, 4.69) is 167 Å². The van der Waals surface area contributed by atoms with Gasteiger partial charge in [0.1, 0.15) is 11.2 Å². The summed E-state index contributed by atoms with van der Waals surface area (Å²) < 4.78 is 11.1. The summed E-state index contributed by atoms with van der Waals surface area (Å²) in [6.45, 7) is 0. The van der Waals surface area contributed by atoms with Gasteiger partial charge in [-0.15, -0.1) is 0 Å². The summed E-state index contributed by atoms with van der Waals surface area (Å²) in [7, 11) is 0. The first-order valence-electron chi connectivity index (χ1n) is 18.4. The van der Waals surface area contributed by atoms with E-state index in [1.54, 1.807) is 0 Å². The minimum atomic E-state index is 0.905. The first kappa shape index (κ1) is 28.8. The summed E-state index contributed by atoms with van der Waals surface area (Å²) in [5.74, 6) is 0. The number of nitrogens with zero attached hydrogens (tertiary/aromatic N) is 2. The van der Waals surface area contributed by atoms with E-state index in [1.807, 2.05) is 12.1 Å². The third-order valence-corrected chi connectivity index (χ3v) is 11.7. The van der Waals surface area contributed by atoms with Crippen molar-refractivity contribution in [3.63, 3.8) is 0 Å². The predicted octanol–water partition coefficient (Wildman–Crippen LogP) is 12.9. The summed E-state index contributed by atoms with van der Waals surface area (Å²) in [5.41, 5.74) is 17.4. The molecule has 1 aliphatic rings. The molecule has 3 aromatic heterocycles. The lowest BCUT2D eigenvalue weighted by Crippen LogP contribution is -2.09. The molecule has 0 saturated heterocycles. The van der Waals surface area contributed by atoms with Gasteiger partial charge in [0, 0.05) is 43.7 Å². The second-order valence-electron chi connectivity index (χ2n) is 14.4. The van der Waals surface area contributed by atoms with Gasteiger partial charge in [0.05, 0.1) is 22.1 Å². The van der Waals surface area contributed by atoms with E-state index in [1.165, 1.54) is 82.7 Å². The van der Waals surface area contributed by atoms with Gasteiger partial charge < -0.3 is 13.6 Å². The molecule has 8 aromatic carbocycles. The second kappa shape index (κ2) is 10.8. The number of hydrogen-bond acceptors (Lipinski definition) is 1. The molecule has 0 fully saturated rings. The van der Waals surface area contributed by atoms with Crippen LogP contribution in [0.1, 0.15) is 22.3 Å². The van der Waals surface area contributed by atoms with Crippen molar-refractivity contribution in [3.8, 4) is 22.5 Å². The molecule has 0 aliphatic heterocycles. The van der Waals surface area contributed by atoms with Gasteiger partial charge in [-0.2, -0.15) is 0 Å². The van der Waals surface area contributed by atoms with Crippen LogP contribution in [-0.4, -0.2) is 9.13 Å². The molecule has 0 spiro atoms. The number of fused-ring (bicyclic) bond motifs is 13. The molecule has 3 nitrogen and oxygen atoms in total. The topological polar surface area (TPSA) is 23.0 Å². The molecular weight excluding hydrogens is 645 g/mol. The molecule has 0 bridgehead atoms. The fourth-order valence-corrected chi connectivity index (χ4v) is 9.31. The van der Waals surface area contributed by atoms with Gasteiger partial charge in [0.2, 0.25) is 0 Å². The summed E-state index contributed by atoms with van der Waals surface area (Å²) in [6.07, 6.45) is 1.81. The molecule has 12 rings (SSSR count). The molecule has 3 heteroatoms. The van der Waals surface area contributed by atoms with Crippen LogP contribution in [0.2, 0.25) is 0 Å². The average molecular weight is 677 g/mol. The minimum Gasteiger partial charge on any atom is -0.456 e. The van der Waals surface area contributed by atoms with Crippen LogP contribution in [0.15, 0.2) is 174 Å². The van der Waals surface area contributed by atoms with Gasteiger partial charge in [-0.1, -0.05) is 109 Å². The van der Waals surface area contributed by atoms with Gasteiger partial charge in [-0.25, -0.2) is 0 Å². The minimum absolute atomic E-state index is 0.905. The highest BCUT2D eigenvalue weighted by molar-refractivity contribution is 6.14. The Labute approximate surface area is 305 Å². The molecule has 53 heavy (non-hydrogen) atoms. The van der Waals surface area contributed by atoms with E-state index in [-0.39, 0.29) is 0 Å². The lowest BCUT2D eigenvalue weighted by molar-refractivity contribution is 0.669. The molecule has 3 heterocycles. The zero-order valence-electron chi connectivity index (χ0n) is 28.9. The van der Waals surface area contributed by atoms with Crippen LogP contribution in [-0.2, 0) is 12.8 Å². The first-order valence-corrected chi connectivity index (χ1v) is 18.4. The fourth-order valence-electron chi connectivity index (χ4n) is 9.31. The number of aromatic nitrogens is 2. The van der Waals surface area contributed by atoms with E-state index in [0.717, 1.165) is 40.5 Å². The Kier molecular flexibility index (Phi) is 5.89. The molecule has 11 aromatic rings. The lowest BCUT2D eigenvalue weighted by atomic mass is 9.82. The van der Waals surface area contributed by atoms with Gasteiger partial charge in [-0.3, -0.25) is 0 Å². The highest BCUT2D eigenvalue weighted by Gasteiger charge is 2.26. The number of benzene rings is 8. The second-order valence-corrected chi connectivity index (χ2v) is 14.4. The summed E-state index contributed by atoms with van der Waals surface area (Å²) >= 11 is 0. The molecular formula is C50H32N2O. The van der Waals surface area contributed by atoms with Crippen LogP contribution in [0.3, 0.4) is 0 Å². The van der Waals surface area contributed by atoms with Crippen molar-refractivity contribution in [1.29, 1.82) is 0 Å². The van der Waals surface area contributed by atoms with Crippen molar-refractivity contribution >= 4 is 65.6 Å². The Morgan fingerprint density at radius 2 is 0.868 bits per heavy atom. The largest absolute Gasteiger partial charge is 0.456 e. The molecule has 0 unspecified atom stereocenters. The van der Waals surface area contributed by atoms with Crippen LogP contribution in [0.5, 0.6) is 0 Å². The quantitative estimate of drug-likeness (QED) is 0.183.